The second kappa shape index (κ2) is 5.14. The van der Waals surface area contributed by atoms with Gasteiger partial charge in [-0.05, 0) is 52.1 Å². The average molecular weight is 219 g/mol. The van der Waals surface area contributed by atoms with Crippen molar-refractivity contribution >= 4 is 0 Å². The molecule has 0 N–H and O–H groups in total. The molecule has 0 aromatic heterocycles. The van der Waals surface area contributed by atoms with Gasteiger partial charge in [-0.3, -0.25) is 4.90 Å². The lowest BCUT2D eigenvalue weighted by molar-refractivity contribution is 0.199. The van der Waals surface area contributed by atoms with Gasteiger partial charge in [0.25, 0.3) is 0 Å². The topological polar surface area (TPSA) is 3.24 Å². The predicted molar refractivity (Wildman–Crippen MR) is 65.7 cm³/mol. The highest BCUT2D eigenvalue weighted by atomic mass is 19.1. The van der Waals surface area contributed by atoms with Crippen LogP contribution in [0.15, 0.2) is 24.3 Å². The average Bonchev–Trinajstić information content (AvgIpc) is 2.19. The van der Waals surface area contributed by atoms with Gasteiger partial charge in [-0.2, -0.15) is 0 Å². The summed E-state index contributed by atoms with van der Waals surface area (Å²) in [5.41, 5.74) is 0.973. The van der Waals surface area contributed by atoms with Crippen molar-refractivity contribution in [2.75, 3.05) is 13.6 Å². The van der Waals surface area contributed by atoms with Crippen LogP contribution >= 0.6 is 0 Å². The second-order valence-electron chi connectivity index (χ2n) is 4.84. The summed E-state index contributed by atoms with van der Waals surface area (Å²) in [6.07, 6.45) is 0. The van der Waals surface area contributed by atoms with Crippen LogP contribution in [0.1, 0.15) is 26.3 Å². The Labute approximate surface area is 97.3 Å². The Hall–Kier alpha value is -1.33. The van der Waals surface area contributed by atoms with E-state index in [1.165, 1.54) is 12.1 Å². The van der Waals surface area contributed by atoms with E-state index in [2.05, 4.69) is 37.5 Å². The Kier molecular flexibility index (Phi) is 4.09. The maximum atomic E-state index is 12.6. The van der Waals surface area contributed by atoms with Crippen LogP contribution in [0, 0.1) is 17.7 Å². The van der Waals surface area contributed by atoms with E-state index < -0.39 is 0 Å². The highest BCUT2D eigenvalue weighted by molar-refractivity contribution is 5.34. The first-order valence-corrected chi connectivity index (χ1v) is 5.35. The summed E-state index contributed by atoms with van der Waals surface area (Å²) < 4.78 is 12.6. The van der Waals surface area contributed by atoms with Crippen molar-refractivity contribution in [2.24, 2.45) is 0 Å². The van der Waals surface area contributed by atoms with Crippen LogP contribution in [0.2, 0.25) is 0 Å². The van der Waals surface area contributed by atoms with Gasteiger partial charge in [0.1, 0.15) is 5.82 Å². The smallest absolute Gasteiger partial charge is 0.123 e. The molecule has 0 radical (unpaired) electrons. The molecule has 86 valence electrons. The van der Waals surface area contributed by atoms with Crippen LogP contribution in [0.5, 0.6) is 0 Å². The number of nitrogens with zero attached hydrogens (tertiary/aromatic N) is 1. The van der Waals surface area contributed by atoms with Crippen LogP contribution in [-0.2, 0) is 0 Å². The first kappa shape index (κ1) is 12.7. The quantitative estimate of drug-likeness (QED) is 0.656. The Morgan fingerprint density at radius 2 is 1.75 bits per heavy atom. The van der Waals surface area contributed by atoms with Gasteiger partial charge in [0.05, 0.1) is 6.54 Å². The molecule has 1 rings (SSSR count). The molecule has 1 aromatic carbocycles. The normalized spacial score (nSPS) is 11.1. The monoisotopic (exact) mass is 219 g/mol. The maximum Gasteiger partial charge on any atom is 0.123 e. The molecule has 0 fully saturated rings. The molecule has 0 aliphatic rings. The van der Waals surface area contributed by atoms with Gasteiger partial charge in [0.2, 0.25) is 0 Å². The molecule has 1 nitrogen and oxygen atoms in total. The van der Waals surface area contributed by atoms with E-state index >= 15 is 0 Å². The van der Waals surface area contributed by atoms with Crippen LogP contribution in [0.3, 0.4) is 0 Å². The highest BCUT2D eigenvalue weighted by Crippen LogP contribution is 2.08. The minimum Gasteiger partial charge on any atom is -0.290 e. The first-order valence-electron chi connectivity index (χ1n) is 5.35. The summed E-state index contributed by atoms with van der Waals surface area (Å²) in [5, 5.41) is 0. The van der Waals surface area contributed by atoms with E-state index in [1.807, 2.05) is 7.05 Å². The molecule has 0 saturated heterocycles. The van der Waals surface area contributed by atoms with Gasteiger partial charge in [0, 0.05) is 11.1 Å². The van der Waals surface area contributed by atoms with Gasteiger partial charge < -0.3 is 0 Å². The second-order valence-corrected chi connectivity index (χ2v) is 4.84. The molecule has 0 unspecified atom stereocenters. The van der Waals surface area contributed by atoms with E-state index in [9.17, 15) is 4.39 Å². The van der Waals surface area contributed by atoms with Gasteiger partial charge in [-0.25, -0.2) is 4.39 Å². The van der Waals surface area contributed by atoms with Crippen molar-refractivity contribution in [3.05, 3.63) is 35.6 Å². The first-order chi connectivity index (χ1) is 7.39. The number of halogens is 1. The van der Waals surface area contributed by atoms with Crippen LogP contribution < -0.4 is 0 Å². The molecule has 0 atom stereocenters. The van der Waals surface area contributed by atoms with E-state index in [4.69, 9.17) is 0 Å². The molecule has 0 spiro atoms. The van der Waals surface area contributed by atoms with E-state index in [1.54, 1.807) is 12.1 Å². The summed E-state index contributed by atoms with van der Waals surface area (Å²) in [7, 11) is 2.04. The Morgan fingerprint density at radius 1 is 1.19 bits per heavy atom. The van der Waals surface area contributed by atoms with Crippen molar-refractivity contribution in [3.8, 4) is 11.8 Å². The lowest BCUT2D eigenvalue weighted by Crippen LogP contribution is -2.38. The molecule has 0 aliphatic carbocycles. The van der Waals surface area contributed by atoms with Crippen molar-refractivity contribution < 1.29 is 4.39 Å². The third kappa shape index (κ3) is 4.04. The third-order valence-electron chi connectivity index (χ3n) is 2.54. The molecule has 16 heavy (non-hydrogen) atoms. The fraction of sp³-hybridized carbons (Fsp3) is 0.429. The predicted octanol–water partition coefficient (Wildman–Crippen LogP) is 2.91. The van der Waals surface area contributed by atoms with Gasteiger partial charge in [-0.1, -0.05) is 11.8 Å². The van der Waals surface area contributed by atoms with Gasteiger partial charge in [-0.15, -0.1) is 0 Å². The zero-order valence-corrected chi connectivity index (χ0v) is 10.3. The summed E-state index contributed by atoms with van der Waals surface area (Å²) in [4.78, 5) is 2.17. The molecule has 0 bridgehead atoms. The maximum absolute atomic E-state index is 12.6. The van der Waals surface area contributed by atoms with Crippen LogP contribution in [-0.4, -0.2) is 24.0 Å². The van der Waals surface area contributed by atoms with Crippen molar-refractivity contribution in [1.29, 1.82) is 0 Å². The van der Waals surface area contributed by atoms with Gasteiger partial charge in [0.15, 0.2) is 0 Å². The van der Waals surface area contributed by atoms with Crippen LogP contribution in [0.25, 0.3) is 0 Å². The largest absolute Gasteiger partial charge is 0.290 e. The molecule has 0 heterocycles. The van der Waals surface area contributed by atoms with E-state index in [0.717, 1.165) is 5.56 Å². The molecular formula is C14H18FN. The third-order valence-corrected chi connectivity index (χ3v) is 2.54. The Bertz CT molecular complexity index is 389. The number of hydrogen-bond acceptors (Lipinski definition) is 1. The fourth-order valence-corrected chi connectivity index (χ4v) is 1.03. The Balaban J connectivity index is 2.59. The molecule has 1 aromatic rings. The summed E-state index contributed by atoms with van der Waals surface area (Å²) in [6, 6.07) is 6.24. The minimum absolute atomic E-state index is 0.122. The summed E-state index contributed by atoms with van der Waals surface area (Å²) in [6.45, 7) is 7.15. The zero-order chi connectivity index (χ0) is 12.2. The van der Waals surface area contributed by atoms with E-state index in [-0.39, 0.29) is 11.4 Å². The molecule has 0 aliphatic heterocycles. The molecule has 0 saturated carbocycles. The Morgan fingerprint density at radius 3 is 2.25 bits per heavy atom. The fourth-order valence-electron chi connectivity index (χ4n) is 1.03. The van der Waals surface area contributed by atoms with Crippen molar-refractivity contribution in [1.82, 2.24) is 4.90 Å². The summed E-state index contributed by atoms with van der Waals surface area (Å²) >= 11 is 0. The molecule has 0 amide bonds. The SMILES string of the molecule is CN(CC#Cc1ccc(F)cc1)C(C)(C)C. The summed E-state index contributed by atoms with van der Waals surface area (Å²) in [5.74, 6) is 5.87. The zero-order valence-electron chi connectivity index (χ0n) is 10.3. The number of benzene rings is 1. The lowest BCUT2D eigenvalue weighted by atomic mass is 10.1. The standard InChI is InChI=1S/C14H18FN/c1-14(2,3)16(4)11-5-6-12-7-9-13(15)10-8-12/h7-10H,11H2,1-4H3. The van der Waals surface area contributed by atoms with Crippen molar-refractivity contribution in [2.45, 2.75) is 26.3 Å². The lowest BCUT2D eigenvalue weighted by Gasteiger charge is -2.29. The highest BCUT2D eigenvalue weighted by Gasteiger charge is 2.14. The minimum atomic E-state index is -0.225. The molecular weight excluding hydrogens is 201 g/mol. The van der Waals surface area contributed by atoms with Gasteiger partial charge >= 0.3 is 0 Å². The number of hydrogen-bond donors (Lipinski definition) is 0. The number of rotatable bonds is 1. The van der Waals surface area contributed by atoms with Crippen molar-refractivity contribution in [3.63, 3.8) is 0 Å². The van der Waals surface area contributed by atoms with Crippen LogP contribution in [0.4, 0.5) is 4.39 Å². The van der Waals surface area contributed by atoms with E-state index in [0.29, 0.717) is 6.54 Å². The molecule has 2 heteroatoms.